The summed E-state index contributed by atoms with van der Waals surface area (Å²) >= 11 is 0. The van der Waals surface area contributed by atoms with Gasteiger partial charge in [0.25, 0.3) is 0 Å². The standard InChI is InChI=1S/C16H24N2O2/c1-3-4-16-12-20-10-9-18(16)11-14-5-7-15(8-6-14)17-13(2)19/h5-8,16H,3-4,9-12H2,1-2H3,(H,17,19)/t16-/m0/s1. The first-order valence-electron chi connectivity index (χ1n) is 7.37. The van der Waals surface area contributed by atoms with Crippen molar-refractivity contribution in [1.29, 1.82) is 0 Å². The normalized spacial score (nSPS) is 19.8. The van der Waals surface area contributed by atoms with Crippen molar-refractivity contribution in [2.24, 2.45) is 0 Å². The Hall–Kier alpha value is -1.39. The Morgan fingerprint density at radius 2 is 2.15 bits per heavy atom. The summed E-state index contributed by atoms with van der Waals surface area (Å²) < 4.78 is 5.58. The van der Waals surface area contributed by atoms with Crippen molar-refractivity contribution in [2.75, 3.05) is 25.1 Å². The van der Waals surface area contributed by atoms with E-state index >= 15 is 0 Å². The molecule has 0 saturated carbocycles. The Balaban J connectivity index is 1.95. The summed E-state index contributed by atoms with van der Waals surface area (Å²) in [4.78, 5) is 13.5. The van der Waals surface area contributed by atoms with Gasteiger partial charge in [-0.3, -0.25) is 9.69 Å². The van der Waals surface area contributed by atoms with Crippen LogP contribution in [0, 0.1) is 0 Å². The lowest BCUT2D eigenvalue weighted by Crippen LogP contribution is -2.44. The predicted octanol–water partition coefficient (Wildman–Crippen LogP) is 2.65. The molecule has 0 bridgehead atoms. The van der Waals surface area contributed by atoms with Crippen molar-refractivity contribution in [3.05, 3.63) is 29.8 Å². The number of rotatable bonds is 5. The van der Waals surface area contributed by atoms with Crippen LogP contribution in [0.15, 0.2) is 24.3 Å². The predicted molar refractivity (Wildman–Crippen MR) is 80.7 cm³/mol. The van der Waals surface area contributed by atoms with Crippen LogP contribution in [0.4, 0.5) is 5.69 Å². The van der Waals surface area contributed by atoms with Gasteiger partial charge in [0.1, 0.15) is 0 Å². The van der Waals surface area contributed by atoms with E-state index in [1.165, 1.54) is 25.3 Å². The second-order valence-corrected chi connectivity index (χ2v) is 5.37. The molecule has 1 atom stereocenters. The fourth-order valence-corrected chi connectivity index (χ4v) is 2.63. The van der Waals surface area contributed by atoms with E-state index in [0.29, 0.717) is 6.04 Å². The molecule has 0 radical (unpaired) electrons. The molecule has 2 rings (SSSR count). The van der Waals surface area contributed by atoms with E-state index < -0.39 is 0 Å². The van der Waals surface area contributed by atoms with Crippen molar-refractivity contribution in [1.82, 2.24) is 4.90 Å². The van der Waals surface area contributed by atoms with E-state index in [4.69, 9.17) is 4.74 Å². The summed E-state index contributed by atoms with van der Waals surface area (Å²) in [7, 11) is 0. The van der Waals surface area contributed by atoms with Crippen LogP contribution in [0.1, 0.15) is 32.3 Å². The Kier molecular flexibility index (Phi) is 5.56. The van der Waals surface area contributed by atoms with Crippen molar-refractivity contribution < 1.29 is 9.53 Å². The molecular formula is C16H24N2O2. The quantitative estimate of drug-likeness (QED) is 0.899. The van der Waals surface area contributed by atoms with Crippen LogP contribution in [0.25, 0.3) is 0 Å². The van der Waals surface area contributed by atoms with Gasteiger partial charge in [-0.15, -0.1) is 0 Å². The van der Waals surface area contributed by atoms with Crippen LogP contribution in [-0.2, 0) is 16.1 Å². The molecule has 4 nitrogen and oxygen atoms in total. The van der Waals surface area contributed by atoms with Crippen LogP contribution in [0.5, 0.6) is 0 Å². The second kappa shape index (κ2) is 7.41. The molecule has 1 heterocycles. The molecule has 1 saturated heterocycles. The summed E-state index contributed by atoms with van der Waals surface area (Å²) in [6.45, 7) is 7.36. The molecule has 1 aromatic rings. The Morgan fingerprint density at radius 1 is 1.40 bits per heavy atom. The van der Waals surface area contributed by atoms with Gasteiger partial charge in [0.15, 0.2) is 0 Å². The largest absolute Gasteiger partial charge is 0.378 e. The highest BCUT2D eigenvalue weighted by Gasteiger charge is 2.21. The maximum absolute atomic E-state index is 11.0. The van der Waals surface area contributed by atoms with Crippen LogP contribution in [-0.4, -0.2) is 36.6 Å². The number of anilines is 1. The van der Waals surface area contributed by atoms with Gasteiger partial charge in [0.05, 0.1) is 13.2 Å². The molecule has 1 fully saturated rings. The maximum atomic E-state index is 11.0. The van der Waals surface area contributed by atoms with E-state index in [9.17, 15) is 4.79 Å². The first kappa shape index (κ1) is 15.0. The number of nitrogens with one attached hydrogen (secondary N) is 1. The molecule has 0 spiro atoms. The fourth-order valence-electron chi connectivity index (χ4n) is 2.63. The van der Waals surface area contributed by atoms with E-state index in [0.717, 1.165) is 32.0 Å². The Morgan fingerprint density at radius 3 is 2.80 bits per heavy atom. The third kappa shape index (κ3) is 4.32. The van der Waals surface area contributed by atoms with Crippen molar-refractivity contribution in [3.8, 4) is 0 Å². The highest BCUT2D eigenvalue weighted by Crippen LogP contribution is 2.17. The SMILES string of the molecule is CCC[C@H]1COCCN1Cc1ccc(NC(C)=O)cc1. The number of hydrogen-bond acceptors (Lipinski definition) is 3. The summed E-state index contributed by atoms with van der Waals surface area (Å²) in [6, 6.07) is 8.63. The number of carbonyl (C=O) groups excluding carboxylic acids is 1. The van der Waals surface area contributed by atoms with Gasteiger partial charge in [-0.05, 0) is 24.1 Å². The zero-order valence-electron chi connectivity index (χ0n) is 12.4. The first-order chi connectivity index (χ1) is 9.69. The van der Waals surface area contributed by atoms with Gasteiger partial charge in [-0.1, -0.05) is 25.5 Å². The molecule has 1 N–H and O–H groups in total. The molecule has 1 aromatic carbocycles. The summed E-state index contributed by atoms with van der Waals surface area (Å²) in [5.41, 5.74) is 2.13. The summed E-state index contributed by atoms with van der Waals surface area (Å²) in [6.07, 6.45) is 2.37. The average Bonchev–Trinajstić information content (AvgIpc) is 2.43. The number of ether oxygens (including phenoxy) is 1. The van der Waals surface area contributed by atoms with E-state index in [-0.39, 0.29) is 5.91 Å². The van der Waals surface area contributed by atoms with Crippen LogP contribution in [0.3, 0.4) is 0 Å². The Bertz CT molecular complexity index is 429. The van der Waals surface area contributed by atoms with E-state index in [2.05, 4.69) is 29.3 Å². The molecule has 1 aliphatic heterocycles. The minimum Gasteiger partial charge on any atom is -0.378 e. The van der Waals surface area contributed by atoms with Crippen LogP contribution < -0.4 is 5.32 Å². The molecule has 0 unspecified atom stereocenters. The van der Waals surface area contributed by atoms with E-state index in [1.54, 1.807) is 0 Å². The number of benzene rings is 1. The smallest absolute Gasteiger partial charge is 0.221 e. The summed E-state index contributed by atoms with van der Waals surface area (Å²) in [5, 5.41) is 2.79. The maximum Gasteiger partial charge on any atom is 0.221 e. The monoisotopic (exact) mass is 276 g/mol. The van der Waals surface area contributed by atoms with Gasteiger partial charge in [-0.25, -0.2) is 0 Å². The topological polar surface area (TPSA) is 41.6 Å². The lowest BCUT2D eigenvalue weighted by atomic mass is 10.1. The van der Waals surface area contributed by atoms with Gasteiger partial charge in [-0.2, -0.15) is 0 Å². The number of amides is 1. The lowest BCUT2D eigenvalue weighted by Gasteiger charge is -2.35. The molecule has 0 aromatic heterocycles. The molecule has 110 valence electrons. The minimum atomic E-state index is -0.0334. The number of morpholine rings is 1. The van der Waals surface area contributed by atoms with Gasteiger partial charge in [0, 0.05) is 31.7 Å². The molecule has 1 amide bonds. The van der Waals surface area contributed by atoms with Gasteiger partial charge >= 0.3 is 0 Å². The zero-order chi connectivity index (χ0) is 14.4. The highest BCUT2D eigenvalue weighted by atomic mass is 16.5. The van der Waals surface area contributed by atoms with Crippen LogP contribution in [0.2, 0.25) is 0 Å². The van der Waals surface area contributed by atoms with Crippen molar-refractivity contribution in [3.63, 3.8) is 0 Å². The zero-order valence-corrected chi connectivity index (χ0v) is 12.4. The van der Waals surface area contributed by atoms with Crippen LogP contribution >= 0.6 is 0 Å². The lowest BCUT2D eigenvalue weighted by molar-refractivity contribution is -0.114. The number of nitrogens with zero attached hydrogens (tertiary/aromatic N) is 1. The van der Waals surface area contributed by atoms with Crippen molar-refractivity contribution in [2.45, 2.75) is 39.3 Å². The van der Waals surface area contributed by atoms with Gasteiger partial charge < -0.3 is 10.1 Å². The molecular weight excluding hydrogens is 252 g/mol. The fraction of sp³-hybridized carbons (Fsp3) is 0.562. The third-order valence-electron chi connectivity index (χ3n) is 3.63. The molecule has 4 heteroatoms. The van der Waals surface area contributed by atoms with Crippen molar-refractivity contribution >= 4 is 11.6 Å². The second-order valence-electron chi connectivity index (χ2n) is 5.37. The molecule has 0 aliphatic carbocycles. The minimum absolute atomic E-state index is 0.0334. The highest BCUT2D eigenvalue weighted by molar-refractivity contribution is 5.88. The van der Waals surface area contributed by atoms with E-state index in [1.807, 2.05) is 12.1 Å². The Labute approximate surface area is 121 Å². The van der Waals surface area contributed by atoms with Gasteiger partial charge in [0.2, 0.25) is 5.91 Å². The first-order valence-corrected chi connectivity index (χ1v) is 7.37. The average molecular weight is 276 g/mol. The third-order valence-corrected chi connectivity index (χ3v) is 3.63. The number of carbonyl (C=O) groups is 1. The number of hydrogen-bond donors (Lipinski definition) is 1. The molecule has 1 aliphatic rings. The summed E-state index contributed by atoms with van der Waals surface area (Å²) in [5.74, 6) is -0.0334. The molecule has 20 heavy (non-hydrogen) atoms.